The van der Waals surface area contributed by atoms with Crippen molar-refractivity contribution in [2.45, 2.75) is 6.92 Å². The van der Waals surface area contributed by atoms with Gasteiger partial charge < -0.3 is 10.2 Å². The molecule has 2 amide bonds. The van der Waals surface area contributed by atoms with Crippen LogP contribution in [0.5, 0.6) is 0 Å². The summed E-state index contributed by atoms with van der Waals surface area (Å²) in [5.41, 5.74) is 0.242. The molecule has 0 radical (unpaired) electrons. The van der Waals surface area contributed by atoms with E-state index >= 15 is 0 Å². The molecular formula is C9H15N5O2. The van der Waals surface area contributed by atoms with Crippen molar-refractivity contribution in [2.75, 3.05) is 20.6 Å². The lowest BCUT2D eigenvalue weighted by molar-refractivity contribution is -0.124. The minimum absolute atomic E-state index is 0.0974. The van der Waals surface area contributed by atoms with Crippen LogP contribution in [0.2, 0.25) is 0 Å². The van der Waals surface area contributed by atoms with Gasteiger partial charge in [0.25, 0.3) is 5.91 Å². The summed E-state index contributed by atoms with van der Waals surface area (Å²) in [7, 11) is 3.19. The fraction of sp³-hybridized carbons (Fsp3) is 0.556. The fourth-order valence-corrected chi connectivity index (χ4v) is 1.32. The summed E-state index contributed by atoms with van der Waals surface area (Å²) >= 11 is 0. The normalized spacial score (nSPS) is 11.9. The molecule has 0 aromatic carbocycles. The summed E-state index contributed by atoms with van der Waals surface area (Å²) < 4.78 is 0. The van der Waals surface area contributed by atoms with Crippen LogP contribution in [0.15, 0.2) is 6.20 Å². The number of H-pyrrole nitrogens is 1. The maximum Gasteiger partial charge on any atom is 0.275 e. The molecule has 7 heteroatoms. The van der Waals surface area contributed by atoms with Gasteiger partial charge in [0.15, 0.2) is 5.69 Å². The molecule has 0 spiro atoms. The van der Waals surface area contributed by atoms with Crippen molar-refractivity contribution in [3.05, 3.63) is 11.9 Å². The minimum Gasteiger partial charge on any atom is -0.359 e. The molecule has 1 rings (SSSR count). The van der Waals surface area contributed by atoms with E-state index in [4.69, 9.17) is 0 Å². The van der Waals surface area contributed by atoms with Gasteiger partial charge in [0.1, 0.15) is 0 Å². The fourth-order valence-electron chi connectivity index (χ4n) is 1.32. The molecule has 0 aliphatic rings. The monoisotopic (exact) mass is 225 g/mol. The Labute approximate surface area is 93.2 Å². The highest BCUT2D eigenvalue weighted by Crippen LogP contribution is 2.02. The number of nitrogens with zero attached hydrogens (tertiary/aromatic N) is 3. The third-order valence-electron chi connectivity index (χ3n) is 2.22. The lowest BCUT2D eigenvalue weighted by Crippen LogP contribution is -2.37. The van der Waals surface area contributed by atoms with E-state index in [2.05, 4.69) is 20.7 Å². The zero-order chi connectivity index (χ0) is 12.1. The molecule has 0 aliphatic heterocycles. The predicted octanol–water partition coefficient (Wildman–Crippen LogP) is -0.741. The second-order valence-electron chi connectivity index (χ2n) is 3.56. The molecule has 0 bridgehead atoms. The van der Waals surface area contributed by atoms with Crippen molar-refractivity contribution in [1.82, 2.24) is 25.6 Å². The number of amides is 2. The summed E-state index contributed by atoms with van der Waals surface area (Å²) in [5.74, 6) is -0.616. The molecule has 0 saturated carbocycles. The molecule has 16 heavy (non-hydrogen) atoms. The van der Waals surface area contributed by atoms with Crippen LogP contribution in [0.3, 0.4) is 0 Å². The molecule has 7 nitrogen and oxygen atoms in total. The first-order valence-corrected chi connectivity index (χ1v) is 4.89. The van der Waals surface area contributed by atoms with Gasteiger partial charge >= 0.3 is 0 Å². The van der Waals surface area contributed by atoms with Gasteiger partial charge in [0, 0.05) is 20.6 Å². The number of rotatable bonds is 4. The van der Waals surface area contributed by atoms with Crippen molar-refractivity contribution in [1.29, 1.82) is 0 Å². The van der Waals surface area contributed by atoms with Crippen LogP contribution in [-0.2, 0) is 4.79 Å². The second-order valence-corrected chi connectivity index (χ2v) is 3.56. The number of carbonyl (C=O) groups is 2. The van der Waals surface area contributed by atoms with E-state index in [1.807, 2.05) is 0 Å². The van der Waals surface area contributed by atoms with Gasteiger partial charge in [-0.25, -0.2) is 0 Å². The van der Waals surface area contributed by atoms with E-state index in [1.54, 1.807) is 21.0 Å². The summed E-state index contributed by atoms with van der Waals surface area (Å²) in [6.07, 6.45) is 1.35. The van der Waals surface area contributed by atoms with Crippen LogP contribution in [0.1, 0.15) is 17.4 Å². The average molecular weight is 225 g/mol. The van der Waals surface area contributed by atoms with Gasteiger partial charge in [0.05, 0.1) is 12.1 Å². The molecule has 0 fully saturated rings. The van der Waals surface area contributed by atoms with E-state index in [1.165, 1.54) is 11.1 Å². The smallest absolute Gasteiger partial charge is 0.275 e. The molecule has 1 unspecified atom stereocenters. The number of carbonyl (C=O) groups excluding carboxylic acids is 2. The number of hydrogen-bond donors (Lipinski definition) is 2. The third-order valence-corrected chi connectivity index (χ3v) is 2.22. The van der Waals surface area contributed by atoms with Crippen LogP contribution in [0.4, 0.5) is 0 Å². The number of aromatic amines is 1. The standard InChI is InChI=1S/C9H15N5O2/c1-6(8(15)10-2)5-14(3)9(16)7-4-11-13-12-7/h4,6H,5H2,1-3H3,(H,10,15)(H,11,12,13). The number of nitrogens with one attached hydrogen (secondary N) is 2. The maximum atomic E-state index is 11.7. The Hall–Kier alpha value is -1.92. The van der Waals surface area contributed by atoms with Gasteiger partial charge in [-0.05, 0) is 0 Å². The quantitative estimate of drug-likeness (QED) is 0.706. The van der Waals surface area contributed by atoms with E-state index in [-0.39, 0.29) is 23.4 Å². The van der Waals surface area contributed by atoms with Crippen molar-refractivity contribution in [2.24, 2.45) is 5.92 Å². The molecular weight excluding hydrogens is 210 g/mol. The molecule has 1 heterocycles. The van der Waals surface area contributed by atoms with Gasteiger partial charge in [-0.15, -0.1) is 0 Å². The highest BCUT2D eigenvalue weighted by atomic mass is 16.2. The summed E-state index contributed by atoms with van der Waals surface area (Å²) in [6, 6.07) is 0. The number of aromatic nitrogens is 3. The highest BCUT2D eigenvalue weighted by molar-refractivity contribution is 5.92. The molecule has 0 aliphatic carbocycles. The third kappa shape index (κ3) is 2.78. The van der Waals surface area contributed by atoms with Crippen molar-refractivity contribution in [3.63, 3.8) is 0 Å². The largest absolute Gasteiger partial charge is 0.359 e. The first-order valence-electron chi connectivity index (χ1n) is 4.89. The first-order chi connectivity index (χ1) is 7.56. The molecule has 1 atom stereocenters. The Bertz CT molecular complexity index is 362. The first kappa shape index (κ1) is 12.2. The Kier molecular flexibility index (Phi) is 3.98. The molecule has 88 valence electrons. The van der Waals surface area contributed by atoms with Crippen LogP contribution in [0, 0.1) is 5.92 Å². The Morgan fingerprint density at radius 2 is 2.31 bits per heavy atom. The topological polar surface area (TPSA) is 91.0 Å². The average Bonchev–Trinajstić information content (AvgIpc) is 2.79. The lowest BCUT2D eigenvalue weighted by Gasteiger charge is -2.19. The zero-order valence-corrected chi connectivity index (χ0v) is 9.52. The zero-order valence-electron chi connectivity index (χ0n) is 9.52. The predicted molar refractivity (Wildman–Crippen MR) is 56.6 cm³/mol. The SMILES string of the molecule is CNC(=O)C(C)CN(C)C(=O)c1cn[nH]n1. The second kappa shape index (κ2) is 5.24. The Morgan fingerprint density at radius 3 is 2.81 bits per heavy atom. The van der Waals surface area contributed by atoms with Gasteiger partial charge in [-0.3, -0.25) is 9.59 Å². The van der Waals surface area contributed by atoms with Crippen LogP contribution < -0.4 is 5.32 Å². The lowest BCUT2D eigenvalue weighted by atomic mass is 10.1. The summed E-state index contributed by atoms with van der Waals surface area (Å²) in [5, 5.41) is 12.1. The number of hydrogen-bond acceptors (Lipinski definition) is 4. The molecule has 1 aromatic heterocycles. The highest BCUT2D eigenvalue weighted by Gasteiger charge is 2.19. The van der Waals surface area contributed by atoms with E-state index in [0.717, 1.165) is 0 Å². The minimum atomic E-state index is -0.260. The van der Waals surface area contributed by atoms with Gasteiger partial charge in [-0.1, -0.05) is 6.92 Å². The van der Waals surface area contributed by atoms with Crippen molar-refractivity contribution < 1.29 is 9.59 Å². The van der Waals surface area contributed by atoms with E-state index in [0.29, 0.717) is 6.54 Å². The maximum absolute atomic E-state index is 11.7. The van der Waals surface area contributed by atoms with E-state index < -0.39 is 0 Å². The Balaban J connectivity index is 2.56. The van der Waals surface area contributed by atoms with E-state index in [9.17, 15) is 9.59 Å². The molecule has 1 aromatic rings. The van der Waals surface area contributed by atoms with Gasteiger partial charge in [-0.2, -0.15) is 15.4 Å². The molecule has 0 saturated heterocycles. The van der Waals surface area contributed by atoms with Crippen LogP contribution >= 0.6 is 0 Å². The Morgan fingerprint density at radius 1 is 1.62 bits per heavy atom. The summed E-state index contributed by atoms with van der Waals surface area (Å²) in [4.78, 5) is 24.4. The molecule has 2 N–H and O–H groups in total. The van der Waals surface area contributed by atoms with Crippen molar-refractivity contribution >= 4 is 11.8 Å². The van der Waals surface area contributed by atoms with Gasteiger partial charge in [0.2, 0.25) is 5.91 Å². The van der Waals surface area contributed by atoms with Crippen molar-refractivity contribution in [3.8, 4) is 0 Å². The van der Waals surface area contributed by atoms with Crippen LogP contribution in [-0.4, -0.2) is 52.8 Å². The van der Waals surface area contributed by atoms with Crippen LogP contribution in [0.25, 0.3) is 0 Å². The summed E-state index contributed by atoms with van der Waals surface area (Å²) in [6.45, 7) is 2.09.